The molecule has 0 aliphatic carbocycles. The SMILES string of the molecule is CN(C)c1ccc(/C=C/c2ccnc3ccc([N+](=O)[O-])cc23)cc1. The average molecular weight is 319 g/mol. The van der Waals surface area contributed by atoms with Crippen LogP contribution in [-0.4, -0.2) is 24.0 Å². The minimum absolute atomic E-state index is 0.0699. The molecule has 0 radical (unpaired) electrons. The van der Waals surface area contributed by atoms with Gasteiger partial charge in [0.1, 0.15) is 0 Å². The third-order valence-corrected chi connectivity index (χ3v) is 3.83. The third-order valence-electron chi connectivity index (χ3n) is 3.83. The molecule has 1 heterocycles. The number of fused-ring (bicyclic) bond motifs is 1. The second kappa shape index (κ2) is 6.50. The molecule has 1 aromatic heterocycles. The van der Waals surface area contributed by atoms with Crippen molar-refractivity contribution in [2.45, 2.75) is 0 Å². The first-order valence-electron chi connectivity index (χ1n) is 7.53. The number of aromatic nitrogens is 1. The molecule has 120 valence electrons. The summed E-state index contributed by atoms with van der Waals surface area (Å²) in [6, 6.07) is 14.8. The van der Waals surface area contributed by atoms with Gasteiger partial charge in [0.15, 0.2) is 0 Å². The number of benzene rings is 2. The molecular weight excluding hydrogens is 302 g/mol. The topological polar surface area (TPSA) is 59.3 Å². The average Bonchev–Trinajstić information content (AvgIpc) is 2.59. The summed E-state index contributed by atoms with van der Waals surface area (Å²) < 4.78 is 0. The Labute approximate surface area is 140 Å². The Morgan fingerprint density at radius 1 is 1.04 bits per heavy atom. The van der Waals surface area contributed by atoms with Crippen molar-refractivity contribution >= 4 is 34.4 Å². The maximum atomic E-state index is 11.0. The molecule has 5 heteroatoms. The largest absolute Gasteiger partial charge is 0.378 e. The Kier molecular flexibility index (Phi) is 4.24. The molecule has 0 aliphatic rings. The standard InChI is InChI=1S/C19H17N3O2/c1-21(2)16-7-4-14(5-8-16)3-6-15-11-12-20-19-10-9-17(22(23)24)13-18(15)19/h3-13H,1-2H3/b6-3+. The lowest BCUT2D eigenvalue weighted by atomic mass is 10.1. The van der Waals surface area contributed by atoms with E-state index in [0.717, 1.165) is 27.7 Å². The van der Waals surface area contributed by atoms with Gasteiger partial charge in [0, 0.05) is 43.5 Å². The van der Waals surface area contributed by atoms with Crippen LogP contribution in [0.3, 0.4) is 0 Å². The fraction of sp³-hybridized carbons (Fsp3) is 0.105. The van der Waals surface area contributed by atoms with E-state index in [4.69, 9.17) is 0 Å². The second-order valence-corrected chi connectivity index (χ2v) is 5.68. The van der Waals surface area contributed by atoms with Crippen molar-refractivity contribution in [3.63, 3.8) is 0 Å². The molecule has 0 unspecified atom stereocenters. The molecule has 24 heavy (non-hydrogen) atoms. The lowest BCUT2D eigenvalue weighted by Crippen LogP contribution is -2.07. The zero-order chi connectivity index (χ0) is 17.1. The zero-order valence-electron chi connectivity index (χ0n) is 13.5. The van der Waals surface area contributed by atoms with Crippen LogP contribution in [-0.2, 0) is 0 Å². The van der Waals surface area contributed by atoms with Gasteiger partial charge in [-0.25, -0.2) is 0 Å². The van der Waals surface area contributed by atoms with Crippen molar-refractivity contribution in [1.29, 1.82) is 0 Å². The summed E-state index contributed by atoms with van der Waals surface area (Å²) in [5, 5.41) is 11.8. The predicted molar refractivity (Wildman–Crippen MR) is 98.1 cm³/mol. The Hall–Kier alpha value is -3.21. The van der Waals surface area contributed by atoms with Crippen LogP contribution >= 0.6 is 0 Å². The molecule has 3 aromatic rings. The molecule has 0 atom stereocenters. The summed E-state index contributed by atoms with van der Waals surface area (Å²) >= 11 is 0. The molecular formula is C19H17N3O2. The number of hydrogen-bond donors (Lipinski definition) is 0. The van der Waals surface area contributed by atoms with E-state index in [0.29, 0.717) is 0 Å². The van der Waals surface area contributed by atoms with Gasteiger partial charge in [-0.1, -0.05) is 24.3 Å². The van der Waals surface area contributed by atoms with Gasteiger partial charge in [-0.15, -0.1) is 0 Å². The Morgan fingerprint density at radius 3 is 2.46 bits per heavy atom. The molecule has 0 aliphatic heterocycles. The quantitative estimate of drug-likeness (QED) is 0.529. The number of hydrogen-bond acceptors (Lipinski definition) is 4. The van der Waals surface area contributed by atoms with E-state index in [2.05, 4.69) is 17.1 Å². The highest BCUT2D eigenvalue weighted by Crippen LogP contribution is 2.24. The van der Waals surface area contributed by atoms with Crippen molar-refractivity contribution in [2.75, 3.05) is 19.0 Å². The molecule has 3 rings (SSSR count). The highest BCUT2D eigenvalue weighted by Gasteiger charge is 2.08. The van der Waals surface area contributed by atoms with E-state index >= 15 is 0 Å². The van der Waals surface area contributed by atoms with Gasteiger partial charge in [0.05, 0.1) is 10.4 Å². The van der Waals surface area contributed by atoms with E-state index in [1.165, 1.54) is 6.07 Å². The summed E-state index contributed by atoms with van der Waals surface area (Å²) in [6.45, 7) is 0. The molecule has 0 spiro atoms. The van der Waals surface area contributed by atoms with Crippen LogP contribution in [0.15, 0.2) is 54.7 Å². The molecule has 0 bridgehead atoms. The molecule has 0 N–H and O–H groups in total. The monoisotopic (exact) mass is 319 g/mol. The summed E-state index contributed by atoms with van der Waals surface area (Å²) in [5.74, 6) is 0. The molecule has 2 aromatic carbocycles. The van der Waals surface area contributed by atoms with Gasteiger partial charge in [-0.05, 0) is 35.4 Å². The second-order valence-electron chi connectivity index (χ2n) is 5.68. The first kappa shape index (κ1) is 15.7. The van der Waals surface area contributed by atoms with Gasteiger partial charge in [0.25, 0.3) is 5.69 Å². The molecule has 0 saturated heterocycles. The van der Waals surface area contributed by atoms with Gasteiger partial charge >= 0.3 is 0 Å². The van der Waals surface area contributed by atoms with E-state index in [9.17, 15) is 10.1 Å². The lowest BCUT2D eigenvalue weighted by Gasteiger charge is -2.11. The van der Waals surface area contributed by atoms with Gasteiger partial charge in [-0.3, -0.25) is 15.1 Å². The summed E-state index contributed by atoms with van der Waals surface area (Å²) in [4.78, 5) is 16.9. The fourth-order valence-electron chi connectivity index (χ4n) is 2.48. The number of pyridine rings is 1. The molecule has 0 amide bonds. The zero-order valence-corrected chi connectivity index (χ0v) is 13.5. The van der Waals surface area contributed by atoms with Gasteiger partial charge in [0.2, 0.25) is 0 Å². The van der Waals surface area contributed by atoms with Crippen molar-refractivity contribution in [2.24, 2.45) is 0 Å². The van der Waals surface area contributed by atoms with Crippen LogP contribution in [0.2, 0.25) is 0 Å². The van der Waals surface area contributed by atoms with Crippen LogP contribution < -0.4 is 4.90 Å². The summed E-state index contributed by atoms with van der Waals surface area (Å²) in [7, 11) is 4.00. The van der Waals surface area contributed by atoms with Gasteiger partial charge in [-0.2, -0.15) is 0 Å². The fourth-order valence-corrected chi connectivity index (χ4v) is 2.48. The van der Waals surface area contributed by atoms with E-state index in [-0.39, 0.29) is 10.6 Å². The minimum atomic E-state index is -0.389. The highest BCUT2D eigenvalue weighted by atomic mass is 16.6. The van der Waals surface area contributed by atoms with Gasteiger partial charge < -0.3 is 4.90 Å². The van der Waals surface area contributed by atoms with Crippen LogP contribution in [0.4, 0.5) is 11.4 Å². The van der Waals surface area contributed by atoms with Crippen molar-refractivity contribution in [3.8, 4) is 0 Å². The maximum Gasteiger partial charge on any atom is 0.270 e. The van der Waals surface area contributed by atoms with Crippen LogP contribution in [0, 0.1) is 10.1 Å². The number of nitro groups is 1. The smallest absolute Gasteiger partial charge is 0.270 e. The molecule has 5 nitrogen and oxygen atoms in total. The number of nitrogens with zero attached hydrogens (tertiary/aromatic N) is 3. The number of anilines is 1. The van der Waals surface area contributed by atoms with Crippen molar-refractivity contribution < 1.29 is 4.92 Å². The van der Waals surface area contributed by atoms with E-state index in [1.807, 2.05) is 49.3 Å². The summed E-state index contributed by atoms with van der Waals surface area (Å²) in [5.41, 5.74) is 3.92. The van der Waals surface area contributed by atoms with Crippen molar-refractivity contribution in [1.82, 2.24) is 4.98 Å². The summed E-state index contributed by atoms with van der Waals surface area (Å²) in [6.07, 6.45) is 5.66. The Balaban J connectivity index is 1.96. The first-order chi connectivity index (χ1) is 11.5. The Morgan fingerprint density at radius 2 is 1.79 bits per heavy atom. The van der Waals surface area contributed by atoms with Crippen LogP contribution in [0.25, 0.3) is 23.1 Å². The maximum absolute atomic E-state index is 11.0. The number of rotatable bonds is 4. The predicted octanol–water partition coefficient (Wildman–Crippen LogP) is 4.38. The number of nitro benzene ring substituents is 1. The third kappa shape index (κ3) is 3.25. The minimum Gasteiger partial charge on any atom is -0.378 e. The molecule has 0 fully saturated rings. The first-order valence-corrected chi connectivity index (χ1v) is 7.53. The lowest BCUT2D eigenvalue weighted by molar-refractivity contribution is -0.384. The van der Waals surface area contributed by atoms with E-state index in [1.54, 1.807) is 18.3 Å². The Bertz CT molecular complexity index is 916. The normalized spacial score (nSPS) is 11.1. The highest BCUT2D eigenvalue weighted by molar-refractivity contribution is 5.91. The van der Waals surface area contributed by atoms with E-state index < -0.39 is 0 Å². The molecule has 0 saturated carbocycles. The van der Waals surface area contributed by atoms with Crippen molar-refractivity contribution in [3.05, 3.63) is 76.0 Å². The number of non-ortho nitro benzene ring substituents is 1. The van der Waals surface area contributed by atoms with Crippen LogP contribution in [0.1, 0.15) is 11.1 Å². The van der Waals surface area contributed by atoms with Crippen LogP contribution in [0.5, 0.6) is 0 Å².